The Morgan fingerprint density at radius 2 is 1.69 bits per heavy atom. The van der Waals surface area contributed by atoms with Gasteiger partial charge >= 0.3 is 0 Å². The van der Waals surface area contributed by atoms with E-state index in [0.717, 1.165) is 13.3 Å². The van der Waals surface area contributed by atoms with Crippen molar-refractivity contribution in [2.75, 3.05) is 13.3 Å². The molecule has 0 aromatic rings. The van der Waals surface area contributed by atoms with Gasteiger partial charge in [-0.05, 0) is 12.8 Å². The Morgan fingerprint density at radius 3 is 2.25 bits per heavy atom. The van der Waals surface area contributed by atoms with Crippen molar-refractivity contribution in [1.82, 2.24) is 5.32 Å². The fraction of sp³-hybridized carbons (Fsp3) is 1.00. The van der Waals surface area contributed by atoms with Gasteiger partial charge in [0.2, 0.25) is 0 Å². The van der Waals surface area contributed by atoms with E-state index < -0.39 is 0 Å². The maximum Gasteiger partial charge on any atom is 0.0971 e. The van der Waals surface area contributed by atoms with Crippen molar-refractivity contribution in [2.24, 2.45) is 0 Å². The minimum absolute atomic E-state index is 0.309. The van der Waals surface area contributed by atoms with Gasteiger partial charge in [-0.25, -0.2) is 0 Å². The molecule has 0 spiro atoms. The van der Waals surface area contributed by atoms with Crippen LogP contribution in [0, 0.1) is 0 Å². The Labute approximate surface area is 101 Å². The van der Waals surface area contributed by atoms with Gasteiger partial charge in [-0.2, -0.15) is 0 Å². The summed E-state index contributed by atoms with van der Waals surface area (Å²) in [5.74, 6) is 0. The predicted octanol–water partition coefficient (Wildman–Crippen LogP) is 3.85. The van der Waals surface area contributed by atoms with Gasteiger partial charge in [0, 0.05) is 5.54 Å². The molecule has 1 N–H and O–H groups in total. The van der Waals surface area contributed by atoms with Crippen LogP contribution in [0.5, 0.6) is 0 Å². The van der Waals surface area contributed by atoms with Crippen LogP contribution in [0.4, 0.5) is 0 Å². The summed E-state index contributed by atoms with van der Waals surface area (Å²) in [5, 5.41) is 3.51. The lowest BCUT2D eigenvalue weighted by atomic mass is 9.91. The van der Waals surface area contributed by atoms with Gasteiger partial charge in [0.05, 0.1) is 13.3 Å². The van der Waals surface area contributed by atoms with Gasteiger partial charge in [0.15, 0.2) is 0 Å². The number of nitrogens with one attached hydrogen (secondary N) is 1. The lowest BCUT2D eigenvalue weighted by Gasteiger charge is -2.26. The molecule has 0 bridgehead atoms. The maximum atomic E-state index is 5.45. The SMILES string of the molecule is CCCCCCCCCC1(CC)COCN1. The quantitative estimate of drug-likeness (QED) is 0.604. The van der Waals surface area contributed by atoms with Gasteiger partial charge in [0.1, 0.15) is 0 Å². The average molecular weight is 227 g/mol. The van der Waals surface area contributed by atoms with Gasteiger partial charge in [0.25, 0.3) is 0 Å². The molecule has 16 heavy (non-hydrogen) atoms. The summed E-state index contributed by atoms with van der Waals surface area (Å²) in [6.45, 7) is 6.21. The van der Waals surface area contributed by atoms with E-state index in [1.54, 1.807) is 0 Å². The van der Waals surface area contributed by atoms with Crippen molar-refractivity contribution in [3.8, 4) is 0 Å². The standard InChI is InChI=1S/C14H29NO/c1-3-5-6-7-8-9-10-11-14(4-2)12-16-13-15-14/h15H,3-13H2,1-2H3. The summed E-state index contributed by atoms with van der Waals surface area (Å²) in [6.07, 6.45) is 12.3. The van der Waals surface area contributed by atoms with Crippen molar-refractivity contribution < 1.29 is 4.74 Å². The molecule has 1 aliphatic heterocycles. The molecule has 1 fully saturated rings. The molecule has 1 heterocycles. The van der Waals surface area contributed by atoms with Crippen LogP contribution in [-0.4, -0.2) is 18.9 Å². The molecule has 2 heteroatoms. The molecule has 0 aromatic carbocycles. The van der Waals surface area contributed by atoms with E-state index in [9.17, 15) is 0 Å². The highest BCUT2D eigenvalue weighted by Gasteiger charge is 2.31. The van der Waals surface area contributed by atoms with Gasteiger partial charge in [-0.3, -0.25) is 5.32 Å². The molecule has 1 unspecified atom stereocenters. The molecule has 0 aromatic heterocycles. The normalized spacial score (nSPS) is 25.1. The second kappa shape index (κ2) is 8.08. The summed E-state index contributed by atoms with van der Waals surface area (Å²) < 4.78 is 5.45. The van der Waals surface area contributed by atoms with Crippen LogP contribution in [0.3, 0.4) is 0 Å². The summed E-state index contributed by atoms with van der Waals surface area (Å²) in [7, 11) is 0. The molecule has 0 aliphatic carbocycles. The van der Waals surface area contributed by atoms with Gasteiger partial charge in [-0.1, -0.05) is 58.8 Å². The van der Waals surface area contributed by atoms with E-state index in [2.05, 4.69) is 19.2 Å². The van der Waals surface area contributed by atoms with Crippen LogP contribution in [0.15, 0.2) is 0 Å². The first kappa shape index (κ1) is 14.0. The Kier molecular flexibility index (Phi) is 7.06. The van der Waals surface area contributed by atoms with Crippen LogP contribution in [-0.2, 0) is 4.74 Å². The summed E-state index contributed by atoms with van der Waals surface area (Å²) in [5.41, 5.74) is 0.309. The first-order valence-corrected chi connectivity index (χ1v) is 7.16. The van der Waals surface area contributed by atoms with Gasteiger partial charge in [-0.15, -0.1) is 0 Å². The van der Waals surface area contributed by atoms with Crippen molar-refractivity contribution >= 4 is 0 Å². The van der Waals surface area contributed by atoms with Crippen molar-refractivity contribution in [1.29, 1.82) is 0 Å². The highest BCUT2D eigenvalue weighted by atomic mass is 16.5. The fourth-order valence-electron chi connectivity index (χ4n) is 2.49. The minimum atomic E-state index is 0.309. The van der Waals surface area contributed by atoms with E-state index in [4.69, 9.17) is 4.74 Å². The highest BCUT2D eigenvalue weighted by molar-refractivity contribution is 4.88. The van der Waals surface area contributed by atoms with E-state index in [-0.39, 0.29) is 0 Å². The molecule has 96 valence electrons. The molecule has 1 rings (SSSR count). The van der Waals surface area contributed by atoms with E-state index in [1.165, 1.54) is 57.8 Å². The molecule has 0 amide bonds. The first-order chi connectivity index (χ1) is 7.83. The maximum absolute atomic E-state index is 5.45. The first-order valence-electron chi connectivity index (χ1n) is 7.16. The molecule has 1 saturated heterocycles. The molecule has 1 atom stereocenters. The van der Waals surface area contributed by atoms with Gasteiger partial charge < -0.3 is 4.74 Å². The topological polar surface area (TPSA) is 21.3 Å². The van der Waals surface area contributed by atoms with Crippen LogP contribution >= 0.6 is 0 Å². The lowest BCUT2D eigenvalue weighted by Crippen LogP contribution is -2.41. The van der Waals surface area contributed by atoms with Crippen LogP contribution in [0.2, 0.25) is 0 Å². The van der Waals surface area contributed by atoms with E-state index in [0.29, 0.717) is 5.54 Å². The number of unbranched alkanes of at least 4 members (excludes halogenated alkanes) is 6. The Morgan fingerprint density at radius 1 is 1.00 bits per heavy atom. The van der Waals surface area contributed by atoms with E-state index in [1.807, 2.05) is 0 Å². The fourth-order valence-corrected chi connectivity index (χ4v) is 2.49. The molecule has 0 saturated carbocycles. The van der Waals surface area contributed by atoms with Crippen molar-refractivity contribution in [3.63, 3.8) is 0 Å². The largest absolute Gasteiger partial charge is 0.364 e. The zero-order valence-electron chi connectivity index (χ0n) is 11.2. The second-order valence-corrected chi connectivity index (χ2v) is 5.17. The van der Waals surface area contributed by atoms with E-state index >= 15 is 0 Å². The third-order valence-corrected chi connectivity index (χ3v) is 3.86. The van der Waals surface area contributed by atoms with Crippen LogP contribution in [0.1, 0.15) is 71.6 Å². The summed E-state index contributed by atoms with van der Waals surface area (Å²) >= 11 is 0. The van der Waals surface area contributed by atoms with Crippen molar-refractivity contribution in [3.05, 3.63) is 0 Å². The highest BCUT2D eigenvalue weighted by Crippen LogP contribution is 2.23. The molecule has 0 radical (unpaired) electrons. The number of ether oxygens (including phenoxy) is 1. The Balaban J connectivity index is 1.97. The molecule has 2 nitrogen and oxygen atoms in total. The predicted molar refractivity (Wildman–Crippen MR) is 69.6 cm³/mol. The third-order valence-electron chi connectivity index (χ3n) is 3.86. The Bertz CT molecular complexity index is 164. The zero-order valence-corrected chi connectivity index (χ0v) is 11.2. The van der Waals surface area contributed by atoms with Crippen LogP contribution < -0.4 is 5.32 Å². The van der Waals surface area contributed by atoms with Crippen molar-refractivity contribution in [2.45, 2.75) is 77.2 Å². The summed E-state index contributed by atoms with van der Waals surface area (Å²) in [6, 6.07) is 0. The molecule has 1 aliphatic rings. The number of rotatable bonds is 9. The zero-order chi connectivity index (χ0) is 11.7. The number of hydrogen-bond acceptors (Lipinski definition) is 2. The third kappa shape index (κ3) is 4.84. The van der Waals surface area contributed by atoms with Crippen LogP contribution in [0.25, 0.3) is 0 Å². The average Bonchev–Trinajstić information content (AvgIpc) is 2.77. The summed E-state index contributed by atoms with van der Waals surface area (Å²) in [4.78, 5) is 0. The Hall–Kier alpha value is -0.0800. The smallest absolute Gasteiger partial charge is 0.0971 e. The molecular weight excluding hydrogens is 198 g/mol. The second-order valence-electron chi connectivity index (χ2n) is 5.17. The monoisotopic (exact) mass is 227 g/mol. The molecular formula is C14H29NO. The number of hydrogen-bond donors (Lipinski definition) is 1. The lowest BCUT2D eigenvalue weighted by molar-refractivity contribution is 0.171. The minimum Gasteiger partial charge on any atom is -0.364 e.